The van der Waals surface area contributed by atoms with Crippen LogP contribution in [0.25, 0.3) is 0 Å². The van der Waals surface area contributed by atoms with E-state index in [1.807, 2.05) is 13.0 Å². The van der Waals surface area contributed by atoms with Gasteiger partial charge >= 0.3 is 0 Å². The van der Waals surface area contributed by atoms with Gasteiger partial charge in [0.1, 0.15) is 0 Å². The highest BCUT2D eigenvalue weighted by Gasteiger charge is 2.19. The number of aliphatic hydroxyl groups excluding tert-OH is 1. The summed E-state index contributed by atoms with van der Waals surface area (Å²) in [6.07, 6.45) is 5.52. The third kappa shape index (κ3) is 7.29. The van der Waals surface area contributed by atoms with Crippen molar-refractivity contribution in [3.05, 3.63) is 23.8 Å². The number of ether oxygens (including phenoxy) is 2. The number of hydrogen-bond acceptors (Lipinski definition) is 4. The van der Waals surface area contributed by atoms with Gasteiger partial charge in [0, 0.05) is 19.1 Å². The number of aliphatic hydroxyl groups is 1. The molecule has 0 radical (unpaired) electrons. The fourth-order valence-corrected chi connectivity index (χ4v) is 3.35. The molecule has 1 aromatic rings. The summed E-state index contributed by atoms with van der Waals surface area (Å²) in [5.74, 6) is 2.45. The normalized spacial score (nSPS) is 20.2. The molecule has 1 fully saturated rings. The Morgan fingerprint density at radius 2 is 1.96 bits per heavy atom. The summed E-state index contributed by atoms with van der Waals surface area (Å²) in [6, 6.07) is 6.51. The number of aryl methyl sites for hydroxylation is 1. The van der Waals surface area contributed by atoms with Gasteiger partial charge in [-0.2, -0.15) is 0 Å². The summed E-state index contributed by atoms with van der Waals surface area (Å²) < 4.78 is 11.0. The molecular weight excluding hydrogens is 342 g/mol. The summed E-state index contributed by atoms with van der Waals surface area (Å²) in [6.45, 7) is 6.29. The fraction of sp³-hybridized carbons (Fsp3) is 0.667. The van der Waals surface area contributed by atoms with Crippen LogP contribution in [0.15, 0.2) is 23.2 Å². The van der Waals surface area contributed by atoms with Crippen molar-refractivity contribution in [2.24, 2.45) is 4.99 Å². The lowest BCUT2D eigenvalue weighted by atomic mass is 9.93. The average molecular weight is 378 g/mol. The first-order chi connectivity index (χ1) is 13.2. The van der Waals surface area contributed by atoms with Crippen LogP contribution in [0.1, 0.15) is 51.5 Å². The van der Waals surface area contributed by atoms with Crippen molar-refractivity contribution in [1.82, 2.24) is 10.6 Å². The van der Waals surface area contributed by atoms with E-state index in [-0.39, 0.29) is 6.10 Å². The molecule has 0 heterocycles. The standard InChI is InChI=1S/C21H35N3O3/c1-4-22-21(24-17-9-11-18(25)12-10-17)23-14-6-7-16-8-13-19(26-3)20(15-16)27-5-2/h8,13,15,17-18,25H,4-7,9-12,14H2,1-3H3,(H2,22,23,24). The first kappa shape index (κ1) is 21.4. The minimum absolute atomic E-state index is 0.131. The van der Waals surface area contributed by atoms with E-state index in [1.54, 1.807) is 7.11 Å². The van der Waals surface area contributed by atoms with Gasteiger partial charge in [-0.3, -0.25) is 4.99 Å². The molecule has 0 amide bonds. The molecule has 0 aliphatic heterocycles. The Hall–Kier alpha value is -1.95. The van der Waals surface area contributed by atoms with Crippen LogP contribution < -0.4 is 20.1 Å². The molecule has 0 spiro atoms. The number of nitrogens with one attached hydrogen (secondary N) is 2. The van der Waals surface area contributed by atoms with Crippen LogP contribution in [0.4, 0.5) is 0 Å². The lowest BCUT2D eigenvalue weighted by molar-refractivity contribution is 0.120. The molecule has 152 valence electrons. The second-order valence-corrected chi connectivity index (χ2v) is 6.93. The number of nitrogens with zero attached hydrogens (tertiary/aromatic N) is 1. The highest BCUT2D eigenvalue weighted by molar-refractivity contribution is 5.80. The van der Waals surface area contributed by atoms with Gasteiger partial charge in [-0.1, -0.05) is 6.07 Å². The van der Waals surface area contributed by atoms with Gasteiger partial charge < -0.3 is 25.2 Å². The Morgan fingerprint density at radius 1 is 1.19 bits per heavy atom. The van der Waals surface area contributed by atoms with Crippen molar-refractivity contribution in [3.8, 4) is 11.5 Å². The molecule has 1 aliphatic carbocycles. The van der Waals surface area contributed by atoms with E-state index in [1.165, 1.54) is 5.56 Å². The smallest absolute Gasteiger partial charge is 0.191 e. The summed E-state index contributed by atoms with van der Waals surface area (Å²) in [5.41, 5.74) is 1.23. The van der Waals surface area contributed by atoms with Gasteiger partial charge in [-0.05, 0) is 70.1 Å². The molecule has 1 aromatic carbocycles. The maximum Gasteiger partial charge on any atom is 0.191 e. The first-order valence-corrected chi connectivity index (χ1v) is 10.2. The molecule has 2 rings (SSSR count). The quantitative estimate of drug-likeness (QED) is 0.350. The third-order valence-electron chi connectivity index (χ3n) is 4.80. The number of guanidine groups is 1. The van der Waals surface area contributed by atoms with E-state index in [9.17, 15) is 5.11 Å². The van der Waals surface area contributed by atoms with Crippen LogP contribution in [0.2, 0.25) is 0 Å². The van der Waals surface area contributed by atoms with E-state index in [0.717, 1.165) is 69.1 Å². The maximum absolute atomic E-state index is 9.64. The van der Waals surface area contributed by atoms with Gasteiger partial charge in [-0.25, -0.2) is 0 Å². The summed E-state index contributed by atoms with van der Waals surface area (Å²) in [5, 5.41) is 16.5. The second-order valence-electron chi connectivity index (χ2n) is 6.93. The monoisotopic (exact) mass is 377 g/mol. The van der Waals surface area contributed by atoms with Crippen LogP contribution in [0, 0.1) is 0 Å². The Labute approximate surface area is 163 Å². The molecule has 1 saturated carbocycles. The molecule has 0 atom stereocenters. The number of benzene rings is 1. The fourth-order valence-electron chi connectivity index (χ4n) is 3.35. The van der Waals surface area contributed by atoms with Crippen LogP contribution >= 0.6 is 0 Å². The van der Waals surface area contributed by atoms with Crippen LogP contribution in [0.5, 0.6) is 11.5 Å². The predicted octanol–water partition coefficient (Wildman–Crippen LogP) is 2.89. The molecule has 0 saturated heterocycles. The minimum Gasteiger partial charge on any atom is -0.493 e. The Kier molecular flexibility index (Phi) is 9.25. The summed E-state index contributed by atoms with van der Waals surface area (Å²) in [7, 11) is 1.66. The molecule has 0 bridgehead atoms. The molecule has 6 nitrogen and oxygen atoms in total. The zero-order valence-electron chi connectivity index (χ0n) is 17.0. The third-order valence-corrected chi connectivity index (χ3v) is 4.80. The second kappa shape index (κ2) is 11.7. The maximum atomic E-state index is 9.64. The number of aliphatic imine (C=N–C) groups is 1. The van der Waals surface area contributed by atoms with Gasteiger partial charge in [0.25, 0.3) is 0 Å². The molecule has 1 aliphatic rings. The average Bonchev–Trinajstić information content (AvgIpc) is 2.67. The van der Waals surface area contributed by atoms with Crippen molar-refractivity contribution in [2.45, 2.75) is 64.5 Å². The predicted molar refractivity (Wildman–Crippen MR) is 110 cm³/mol. The van der Waals surface area contributed by atoms with Crippen molar-refractivity contribution in [2.75, 3.05) is 26.8 Å². The van der Waals surface area contributed by atoms with Gasteiger partial charge in [-0.15, -0.1) is 0 Å². The van der Waals surface area contributed by atoms with Gasteiger partial charge in [0.15, 0.2) is 17.5 Å². The summed E-state index contributed by atoms with van der Waals surface area (Å²) >= 11 is 0. The lowest BCUT2D eigenvalue weighted by Gasteiger charge is -2.27. The van der Waals surface area contributed by atoms with Crippen molar-refractivity contribution in [3.63, 3.8) is 0 Å². The van der Waals surface area contributed by atoms with Crippen LogP contribution in [0.3, 0.4) is 0 Å². The van der Waals surface area contributed by atoms with E-state index in [0.29, 0.717) is 12.6 Å². The van der Waals surface area contributed by atoms with Crippen LogP contribution in [-0.4, -0.2) is 50.0 Å². The van der Waals surface area contributed by atoms with E-state index in [2.05, 4.69) is 29.7 Å². The van der Waals surface area contributed by atoms with Crippen molar-refractivity contribution >= 4 is 5.96 Å². The molecular formula is C21H35N3O3. The Morgan fingerprint density at radius 3 is 2.63 bits per heavy atom. The number of hydrogen-bond donors (Lipinski definition) is 3. The Balaban J connectivity index is 1.83. The highest BCUT2D eigenvalue weighted by atomic mass is 16.5. The topological polar surface area (TPSA) is 75.1 Å². The van der Waals surface area contributed by atoms with Crippen molar-refractivity contribution < 1.29 is 14.6 Å². The molecule has 3 N–H and O–H groups in total. The lowest BCUT2D eigenvalue weighted by Crippen LogP contribution is -2.45. The number of methoxy groups -OCH3 is 1. The highest BCUT2D eigenvalue weighted by Crippen LogP contribution is 2.28. The largest absolute Gasteiger partial charge is 0.493 e. The number of rotatable bonds is 9. The molecule has 0 unspecified atom stereocenters. The van der Waals surface area contributed by atoms with Crippen molar-refractivity contribution in [1.29, 1.82) is 0 Å². The van der Waals surface area contributed by atoms with E-state index in [4.69, 9.17) is 14.5 Å². The SMILES string of the molecule is CCNC(=NCCCc1ccc(OC)c(OCC)c1)NC1CCC(O)CC1. The van der Waals surface area contributed by atoms with Crippen LogP contribution in [-0.2, 0) is 6.42 Å². The van der Waals surface area contributed by atoms with Gasteiger partial charge in [0.05, 0.1) is 19.8 Å². The van der Waals surface area contributed by atoms with Gasteiger partial charge in [0.2, 0.25) is 0 Å². The van der Waals surface area contributed by atoms with E-state index >= 15 is 0 Å². The zero-order chi connectivity index (χ0) is 19.5. The summed E-state index contributed by atoms with van der Waals surface area (Å²) in [4.78, 5) is 4.71. The molecule has 0 aromatic heterocycles. The first-order valence-electron chi connectivity index (χ1n) is 10.2. The zero-order valence-corrected chi connectivity index (χ0v) is 17.0. The molecule has 6 heteroatoms. The van der Waals surface area contributed by atoms with E-state index < -0.39 is 0 Å². The minimum atomic E-state index is -0.131. The Bertz CT molecular complexity index is 584. The molecule has 27 heavy (non-hydrogen) atoms.